The van der Waals surface area contributed by atoms with Gasteiger partial charge in [0.2, 0.25) is 12.1 Å². The fourth-order valence-corrected chi connectivity index (χ4v) is 2.96. The van der Waals surface area contributed by atoms with Crippen LogP contribution in [0.5, 0.6) is 0 Å². The monoisotopic (exact) mass is 284 g/mol. The van der Waals surface area contributed by atoms with E-state index in [1.807, 2.05) is 0 Å². The van der Waals surface area contributed by atoms with Crippen LogP contribution >= 0.6 is 0 Å². The molecule has 0 saturated carbocycles. The Bertz CT molecular complexity index is 261. The molecule has 2 rings (SSSR count). The molecule has 0 radical (unpaired) electrons. The summed E-state index contributed by atoms with van der Waals surface area (Å²) < 4.78 is 10.5. The van der Waals surface area contributed by atoms with Crippen molar-refractivity contribution in [3.05, 3.63) is 0 Å². The molecule has 1 atom stereocenters. The highest BCUT2D eigenvalue weighted by Crippen LogP contribution is 2.59. The van der Waals surface area contributed by atoms with Crippen molar-refractivity contribution in [2.75, 3.05) is 0 Å². The van der Waals surface area contributed by atoms with E-state index < -0.39 is 0 Å². The summed E-state index contributed by atoms with van der Waals surface area (Å²) in [5.41, 5.74) is 0. The number of epoxide rings is 2. The van der Waals surface area contributed by atoms with E-state index in [4.69, 9.17) is 9.47 Å². The van der Waals surface area contributed by atoms with Crippen molar-refractivity contribution in [3.8, 4) is 0 Å². The fraction of sp³-hybridized carbons (Fsp3) is 1.00. The average Bonchev–Trinajstić information content (AvgIpc) is 3.27. The molecule has 0 spiro atoms. The van der Waals surface area contributed by atoms with Gasteiger partial charge in [-0.15, -0.1) is 0 Å². The van der Waals surface area contributed by atoms with Gasteiger partial charge in [-0.1, -0.05) is 64.7 Å². The lowest BCUT2D eigenvalue weighted by atomic mass is 10.0. The Hall–Kier alpha value is -0.120. The van der Waals surface area contributed by atoms with Gasteiger partial charge in [0.1, 0.15) is 0 Å². The molecule has 0 aromatic rings. The zero-order chi connectivity index (χ0) is 14.3. The molecule has 1 unspecified atom stereocenters. The first-order chi connectivity index (χ1) is 9.77. The van der Waals surface area contributed by atoms with Crippen LogP contribution in [-0.4, -0.2) is 23.3 Å². The second-order valence-corrected chi connectivity index (χ2v) is 6.54. The molecule has 118 valence electrons. The Morgan fingerprint density at radius 1 is 0.850 bits per heavy atom. The maximum absolute atomic E-state index is 9.90. The number of aliphatic hydroxyl groups excluding tert-OH is 1. The summed E-state index contributed by atoms with van der Waals surface area (Å²) in [7, 11) is 0. The predicted molar refractivity (Wildman–Crippen MR) is 80.4 cm³/mol. The average molecular weight is 284 g/mol. The van der Waals surface area contributed by atoms with Crippen LogP contribution in [0.4, 0.5) is 0 Å². The van der Waals surface area contributed by atoms with Crippen molar-refractivity contribution in [2.45, 2.75) is 109 Å². The number of fused-ring (bicyclic) bond motifs is 1. The van der Waals surface area contributed by atoms with Crippen molar-refractivity contribution < 1.29 is 14.6 Å². The van der Waals surface area contributed by atoms with Crippen LogP contribution in [0, 0.1) is 0 Å². The van der Waals surface area contributed by atoms with Gasteiger partial charge in [-0.05, 0) is 19.3 Å². The van der Waals surface area contributed by atoms with Gasteiger partial charge in [0.25, 0.3) is 0 Å². The van der Waals surface area contributed by atoms with E-state index in [1.165, 1.54) is 57.8 Å². The Labute approximate surface area is 124 Å². The minimum atomic E-state index is -0.169. The maximum Gasteiger partial charge on any atom is 0.225 e. The van der Waals surface area contributed by atoms with Crippen molar-refractivity contribution in [1.82, 2.24) is 0 Å². The topological polar surface area (TPSA) is 45.3 Å². The molecule has 0 amide bonds. The third kappa shape index (κ3) is 5.71. The smallest absolute Gasteiger partial charge is 0.225 e. The summed E-state index contributed by atoms with van der Waals surface area (Å²) in [5.74, 6) is -0.169. The lowest BCUT2D eigenvalue weighted by Gasteiger charge is -2.10. The molecule has 2 heterocycles. The molecular formula is C17H32O3. The van der Waals surface area contributed by atoms with E-state index in [0.717, 1.165) is 25.7 Å². The molecule has 2 saturated heterocycles. The van der Waals surface area contributed by atoms with Crippen LogP contribution in [0.3, 0.4) is 0 Å². The summed E-state index contributed by atoms with van der Waals surface area (Å²) in [4.78, 5) is 0. The number of hydrogen-bond donors (Lipinski definition) is 1. The third-order valence-corrected chi connectivity index (χ3v) is 4.56. The number of hydrogen-bond acceptors (Lipinski definition) is 3. The first kappa shape index (κ1) is 16.3. The summed E-state index contributed by atoms with van der Waals surface area (Å²) in [6.07, 6.45) is 16.0. The zero-order valence-corrected chi connectivity index (χ0v) is 13.1. The van der Waals surface area contributed by atoms with E-state index in [1.54, 1.807) is 0 Å². The molecule has 0 bridgehead atoms. The van der Waals surface area contributed by atoms with Crippen LogP contribution in [0.1, 0.15) is 90.4 Å². The van der Waals surface area contributed by atoms with Crippen molar-refractivity contribution in [3.63, 3.8) is 0 Å². The normalized spacial score (nSPS) is 28.2. The van der Waals surface area contributed by atoms with Crippen molar-refractivity contribution in [2.24, 2.45) is 0 Å². The molecule has 2 fully saturated rings. The number of ether oxygens (including phenoxy) is 2. The second kappa shape index (κ2) is 8.35. The third-order valence-electron chi connectivity index (χ3n) is 4.56. The van der Waals surface area contributed by atoms with Gasteiger partial charge in [0.15, 0.2) is 0 Å². The standard InChI is InChI=1S/C17H32O3/c1-2-3-4-5-6-7-8-9-10-12-15(18)13-11-14-17-16(19-17)20-17/h15-16,18H,2-14H2,1H3. The Kier molecular flexibility index (Phi) is 6.79. The predicted octanol–water partition coefficient (Wildman–Crippen LogP) is 4.52. The van der Waals surface area contributed by atoms with Crippen LogP contribution in [0.2, 0.25) is 0 Å². The molecule has 3 heteroatoms. The van der Waals surface area contributed by atoms with Crippen molar-refractivity contribution in [1.29, 1.82) is 0 Å². The van der Waals surface area contributed by atoms with Crippen LogP contribution < -0.4 is 0 Å². The molecule has 1 N–H and O–H groups in total. The van der Waals surface area contributed by atoms with E-state index in [-0.39, 0.29) is 18.2 Å². The summed E-state index contributed by atoms with van der Waals surface area (Å²) >= 11 is 0. The van der Waals surface area contributed by atoms with E-state index in [0.29, 0.717) is 0 Å². The number of aliphatic hydroxyl groups is 1. The van der Waals surface area contributed by atoms with Gasteiger partial charge in [-0.3, -0.25) is 0 Å². The SMILES string of the molecule is CCCCCCCCCCCC(O)CCCC12OC1O2. The first-order valence-electron chi connectivity index (χ1n) is 8.80. The quantitative estimate of drug-likeness (QED) is 0.377. The van der Waals surface area contributed by atoms with E-state index >= 15 is 0 Å². The highest BCUT2D eigenvalue weighted by atomic mass is 17.0. The largest absolute Gasteiger partial charge is 0.393 e. The zero-order valence-electron chi connectivity index (χ0n) is 13.1. The minimum absolute atomic E-state index is 0.119. The highest BCUT2D eigenvalue weighted by molar-refractivity contribution is 5.02. The van der Waals surface area contributed by atoms with Gasteiger partial charge in [-0.2, -0.15) is 0 Å². The van der Waals surface area contributed by atoms with Gasteiger partial charge < -0.3 is 14.6 Å². The van der Waals surface area contributed by atoms with E-state index in [2.05, 4.69) is 6.92 Å². The molecule has 20 heavy (non-hydrogen) atoms. The van der Waals surface area contributed by atoms with E-state index in [9.17, 15) is 5.11 Å². The van der Waals surface area contributed by atoms with Gasteiger partial charge in [0.05, 0.1) is 6.10 Å². The molecule has 2 aliphatic rings. The summed E-state index contributed by atoms with van der Waals surface area (Å²) in [5, 5.41) is 9.90. The first-order valence-corrected chi connectivity index (χ1v) is 8.80. The minimum Gasteiger partial charge on any atom is -0.393 e. The van der Waals surface area contributed by atoms with Gasteiger partial charge in [-0.25, -0.2) is 0 Å². The molecular weight excluding hydrogens is 252 g/mol. The second-order valence-electron chi connectivity index (χ2n) is 6.54. The molecule has 2 aliphatic heterocycles. The summed E-state index contributed by atoms with van der Waals surface area (Å²) in [6, 6.07) is 0. The highest BCUT2D eigenvalue weighted by Gasteiger charge is 2.76. The Morgan fingerprint density at radius 2 is 1.35 bits per heavy atom. The Balaban J connectivity index is 1.28. The van der Waals surface area contributed by atoms with Crippen molar-refractivity contribution >= 4 is 0 Å². The lowest BCUT2D eigenvalue weighted by Crippen LogP contribution is -2.08. The molecule has 0 aromatic carbocycles. The van der Waals surface area contributed by atoms with Crippen LogP contribution in [0.15, 0.2) is 0 Å². The van der Waals surface area contributed by atoms with Gasteiger partial charge >= 0.3 is 0 Å². The fourth-order valence-electron chi connectivity index (χ4n) is 2.96. The summed E-state index contributed by atoms with van der Waals surface area (Å²) in [6.45, 7) is 2.26. The number of unbranched alkanes of at least 4 members (excludes halogenated alkanes) is 8. The molecule has 3 nitrogen and oxygen atoms in total. The molecule has 0 aromatic heterocycles. The maximum atomic E-state index is 9.90. The number of rotatable bonds is 14. The van der Waals surface area contributed by atoms with Gasteiger partial charge in [0, 0.05) is 6.42 Å². The lowest BCUT2D eigenvalue weighted by molar-refractivity contribution is -0.0551. The molecule has 0 aliphatic carbocycles. The van der Waals surface area contributed by atoms with Crippen LogP contribution in [0.25, 0.3) is 0 Å². The van der Waals surface area contributed by atoms with Crippen LogP contribution in [-0.2, 0) is 9.47 Å². The Morgan fingerprint density at radius 3 is 1.90 bits per heavy atom.